The third-order valence-corrected chi connectivity index (χ3v) is 3.26. The zero-order chi connectivity index (χ0) is 14.7. The van der Waals surface area contributed by atoms with Crippen molar-refractivity contribution < 1.29 is 4.79 Å². The lowest BCUT2D eigenvalue weighted by Crippen LogP contribution is -1.97. The van der Waals surface area contributed by atoms with Crippen molar-refractivity contribution in [1.29, 1.82) is 0 Å². The standard InChI is InChI=1S/C18H19NO/c1-12-4-7-15(8-5-12)18(10-14(3)20)17-11-16(19)9-6-13(17)2/h4-11H,19H2,1-3H3/b18-10-. The quantitative estimate of drug-likeness (QED) is 0.675. The molecule has 0 saturated heterocycles. The van der Waals surface area contributed by atoms with E-state index in [1.54, 1.807) is 13.0 Å². The predicted molar refractivity (Wildman–Crippen MR) is 84.5 cm³/mol. The lowest BCUT2D eigenvalue weighted by molar-refractivity contribution is -0.112. The van der Waals surface area contributed by atoms with Gasteiger partial charge in [0.15, 0.2) is 5.78 Å². The summed E-state index contributed by atoms with van der Waals surface area (Å²) in [6, 6.07) is 13.9. The first-order chi connectivity index (χ1) is 9.47. The van der Waals surface area contributed by atoms with Crippen LogP contribution in [0.1, 0.15) is 29.2 Å². The number of hydrogen-bond acceptors (Lipinski definition) is 2. The summed E-state index contributed by atoms with van der Waals surface area (Å²) in [6.07, 6.45) is 1.67. The lowest BCUT2D eigenvalue weighted by atomic mass is 9.92. The molecule has 0 aliphatic carbocycles. The van der Waals surface area contributed by atoms with E-state index in [0.717, 1.165) is 22.3 Å². The maximum absolute atomic E-state index is 11.6. The summed E-state index contributed by atoms with van der Waals surface area (Å²) in [4.78, 5) is 11.6. The third kappa shape index (κ3) is 3.15. The molecule has 2 nitrogen and oxygen atoms in total. The lowest BCUT2D eigenvalue weighted by Gasteiger charge is -2.12. The number of allylic oxidation sites excluding steroid dienone is 1. The van der Waals surface area contributed by atoms with Gasteiger partial charge in [0.2, 0.25) is 0 Å². The smallest absolute Gasteiger partial charge is 0.153 e. The number of aryl methyl sites for hydroxylation is 2. The molecule has 0 unspecified atom stereocenters. The Morgan fingerprint density at radius 1 is 1.05 bits per heavy atom. The summed E-state index contributed by atoms with van der Waals surface area (Å²) in [7, 11) is 0. The highest BCUT2D eigenvalue weighted by molar-refractivity contribution is 5.99. The molecule has 2 heteroatoms. The average Bonchev–Trinajstić information content (AvgIpc) is 2.40. The zero-order valence-corrected chi connectivity index (χ0v) is 12.1. The number of nitrogens with two attached hydrogens (primary N) is 1. The Morgan fingerprint density at radius 3 is 2.30 bits per heavy atom. The van der Waals surface area contributed by atoms with Gasteiger partial charge in [-0.1, -0.05) is 35.9 Å². The van der Waals surface area contributed by atoms with Crippen molar-refractivity contribution in [3.05, 3.63) is 70.8 Å². The van der Waals surface area contributed by atoms with Gasteiger partial charge in [-0.15, -0.1) is 0 Å². The van der Waals surface area contributed by atoms with Crippen LogP contribution in [0.4, 0.5) is 5.69 Å². The average molecular weight is 265 g/mol. The van der Waals surface area contributed by atoms with Crippen LogP contribution < -0.4 is 5.73 Å². The molecule has 0 atom stereocenters. The number of ketones is 1. The zero-order valence-electron chi connectivity index (χ0n) is 12.1. The Bertz CT molecular complexity index is 666. The van der Waals surface area contributed by atoms with Gasteiger partial charge < -0.3 is 5.73 Å². The Balaban J connectivity index is 2.62. The minimum absolute atomic E-state index is 0.0300. The number of anilines is 1. The summed E-state index contributed by atoms with van der Waals surface area (Å²) in [5, 5.41) is 0. The highest BCUT2D eigenvalue weighted by Gasteiger charge is 2.09. The second-order valence-corrected chi connectivity index (χ2v) is 5.11. The van der Waals surface area contributed by atoms with Crippen LogP contribution in [0.5, 0.6) is 0 Å². The Hall–Kier alpha value is -2.35. The molecule has 0 radical (unpaired) electrons. The highest BCUT2D eigenvalue weighted by Crippen LogP contribution is 2.28. The Morgan fingerprint density at radius 2 is 1.70 bits per heavy atom. The molecular weight excluding hydrogens is 246 g/mol. The van der Waals surface area contributed by atoms with Crippen LogP contribution in [0.2, 0.25) is 0 Å². The van der Waals surface area contributed by atoms with Gasteiger partial charge in [0, 0.05) is 5.69 Å². The van der Waals surface area contributed by atoms with E-state index in [9.17, 15) is 4.79 Å². The SMILES string of the molecule is CC(=O)/C=C(/c1ccc(C)cc1)c1cc(N)ccc1C. The fraction of sp³-hybridized carbons (Fsp3) is 0.167. The summed E-state index contributed by atoms with van der Waals surface area (Å²) in [6.45, 7) is 5.64. The van der Waals surface area contributed by atoms with Crippen LogP contribution in [-0.4, -0.2) is 5.78 Å². The highest BCUT2D eigenvalue weighted by atomic mass is 16.1. The van der Waals surface area contributed by atoms with Gasteiger partial charge in [0.25, 0.3) is 0 Å². The van der Waals surface area contributed by atoms with Crippen LogP contribution in [-0.2, 0) is 4.79 Å². The summed E-state index contributed by atoms with van der Waals surface area (Å²) in [5.74, 6) is 0.0300. The van der Waals surface area contributed by atoms with Gasteiger partial charge in [-0.2, -0.15) is 0 Å². The van der Waals surface area contributed by atoms with Crippen molar-refractivity contribution in [2.75, 3.05) is 5.73 Å². The monoisotopic (exact) mass is 265 g/mol. The van der Waals surface area contributed by atoms with Crippen molar-refractivity contribution in [3.8, 4) is 0 Å². The number of benzene rings is 2. The molecule has 20 heavy (non-hydrogen) atoms. The van der Waals surface area contributed by atoms with Gasteiger partial charge in [0.05, 0.1) is 0 Å². The molecule has 2 aromatic carbocycles. The summed E-state index contributed by atoms with van der Waals surface area (Å²) in [5.41, 5.74) is 11.8. The van der Waals surface area contributed by atoms with Crippen LogP contribution in [0.25, 0.3) is 5.57 Å². The summed E-state index contributed by atoms with van der Waals surface area (Å²) < 4.78 is 0. The first kappa shape index (κ1) is 14.1. The molecule has 0 spiro atoms. The molecule has 0 amide bonds. The first-order valence-electron chi connectivity index (χ1n) is 6.63. The first-order valence-corrected chi connectivity index (χ1v) is 6.63. The largest absolute Gasteiger partial charge is 0.399 e. The number of hydrogen-bond donors (Lipinski definition) is 1. The van der Waals surface area contributed by atoms with Crippen molar-refractivity contribution in [1.82, 2.24) is 0 Å². The topological polar surface area (TPSA) is 43.1 Å². The molecule has 0 fully saturated rings. The van der Waals surface area contributed by atoms with E-state index in [4.69, 9.17) is 5.73 Å². The van der Waals surface area contributed by atoms with Gasteiger partial charge in [-0.3, -0.25) is 4.79 Å². The van der Waals surface area contributed by atoms with Crippen LogP contribution >= 0.6 is 0 Å². The van der Waals surface area contributed by atoms with Crippen molar-refractivity contribution >= 4 is 17.0 Å². The molecule has 0 aromatic heterocycles. The fourth-order valence-corrected chi connectivity index (χ4v) is 2.18. The number of rotatable bonds is 3. The van der Waals surface area contributed by atoms with E-state index in [2.05, 4.69) is 0 Å². The van der Waals surface area contributed by atoms with E-state index in [1.165, 1.54) is 5.56 Å². The number of carbonyl (C=O) groups excluding carboxylic acids is 1. The number of carbonyl (C=O) groups is 1. The van der Waals surface area contributed by atoms with E-state index in [-0.39, 0.29) is 5.78 Å². The Labute approximate surface area is 119 Å². The normalized spacial score (nSPS) is 11.4. The van der Waals surface area contributed by atoms with Crippen molar-refractivity contribution in [3.63, 3.8) is 0 Å². The minimum Gasteiger partial charge on any atom is -0.399 e. The van der Waals surface area contributed by atoms with Crippen LogP contribution in [0.3, 0.4) is 0 Å². The van der Waals surface area contributed by atoms with Crippen LogP contribution in [0.15, 0.2) is 48.5 Å². The molecular formula is C18H19NO. The van der Waals surface area contributed by atoms with E-state index >= 15 is 0 Å². The molecule has 0 heterocycles. The molecule has 0 bridgehead atoms. The maximum Gasteiger partial charge on any atom is 0.153 e. The summed E-state index contributed by atoms with van der Waals surface area (Å²) >= 11 is 0. The second kappa shape index (κ2) is 5.74. The molecule has 0 aliphatic rings. The molecule has 2 aromatic rings. The van der Waals surface area contributed by atoms with Crippen molar-refractivity contribution in [2.45, 2.75) is 20.8 Å². The van der Waals surface area contributed by atoms with Gasteiger partial charge in [-0.25, -0.2) is 0 Å². The molecule has 2 rings (SSSR count). The van der Waals surface area contributed by atoms with Gasteiger partial charge in [-0.05, 0) is 61.2 Å². The van der Waals surface area contributed by atoms with Gasteiger partial charge in [0.1, 0.15) is 0 Å². The second-order valence-electron chi connectivity index (χ2n) is 5.11. The predicted octanol–water partition coefficient (Wildman–Crippen LogP) is 3.91. The molecule has 0 aliphatic heterocycles. The van der Waals surface area contributed by atoms with E-state index < -0.39 is 0 Å². The van der Waals surface area contributed by atoms with E-state index in [1.807, 2.05) is 56.3 Å². The molecule has 102 valence electrons. The van der Waals surface area contributed by atoms with Crippen molar-refractivity contribution in [2.24, 2.45) is 0 Å². The maximum atomic E-state index is 11.6. The molecule has 0 saturated carbocycles. The Kier molecular flexibility index (Phi) is 4.04. The number of nitrogen functional groups attached to an aromatic ring is 1. The fourth-order valence-electron chi connectivity index (χ4n) is 2.18. The third-order valence-electron chi connectivity index (χ3n) is 3.26. The van der Waals surface area contributed by atoms with Crippen LogP contribution in [0, 0.1) is 13.8 Å². The van der Waals surface area contributed by atoms with Gasteiger partial charge >= 0.3 is 0 Å². The minimum atomic E-state index is 0.0300. The molecule has 2 N–H and O–H groups in total. The van der Waals surface area contributed by atoms with E-state index in [0.29, 0.717) is 5.69 Å².